The number of hydrazine groups is 2. The third kappa shape index (κ3) is 14.2. The van der Waals surface area contributed by atoms with Crippen molar-refractivity contribution < 1.29 is 84.2 Å². The highest BCUT2D eigenvalue weighted by molar-refractivity contribution is 5.95. The highest BCUT2D eigenvalue weighted by atomic mass is 79.9. The van der Waals surface area contributed by atoms with Crippen LogP contribution in [-0.4, -0.2) is 45.5 Å². The molecule has 2 aromatic rings. The van der Waals surface area contributed by atoms with Gasteiger partial charge in [0, 0.05) is 38.1 Å². The number of pyridine rings is 2. The van der Waals surface area contributed by atoms with Crippen molar-refractivity contribution in [2.45, 2.75) is 26.9 Å². The number of hydrogen-bond donors (Lipinski definition) is 4. The van der Waals surface area contributed by atoms with Gasteiger partial charge in [0.2, 0.25) is 24.9 Å². The van der Waals surface area contributed by atoms with Crippen molar-refractivity contribution in [3.63, 3.8) is 0 Å². The molecule has 2 aromatic heterocycles. The molecule has 0 saturated carbocycles. The monoisotopic (exact) mass is 616 g/mol. The lowest BCUT2D eigenvalue weighted by Crippen LogP contribution is -3.00. The molecule has 0 radical (unpaired) electrons. The van der Waals surface area contributed by atoms with Gasteiger partial charge in [-0.2, -0.15) is 9.13 Å². The zero-order valence-corrected chi connectivity index (χ0v) is 21.5. The lowest BCUT2D eigenvalue weighted by Gasteiger charge is -2.04. The first-order valence-corrected chi connectivity index (χ1v) is 8.47. The van der Waals surface area contributed by atoms with E-state index in [0.29, 0.717) is 24.2 Å². The zero-order valence-electron chi connectivity index (χ0n) is 18.3. The summed E-state index contributed by atoms with van der Waals surface area (Å²) in [5, 5.41) is 0. The summed E-state index contributed by atoms with van der Waals surface area (Å²) in [6.45, 7) is 3.91. The van der Waals surface area contributed by atoms with Crippen molar-refractivity contribution >= 4 is 23.6 Å². The largest absolute Gasteiger partial charge is 1.00 e. The zero-order chi connectivity index (χ0) is 20.5. The normalized spacial score (nSPS) is 8.18. The third-order valence-corrected chi connectivity index (χ3v) is 3.63. The fraction of sp³-hybridized carbons (Fsp3) is 0.222. The van der Waals surface area contributed by atoms with E-state index in [0.717, 1.165) is 0 Å². The fourth-order valence-corrected chi connectivity index (χ4v) is 2.18. The van der Waals surface area contributed by atoms with Gasteiger partial charge < -0.3 is 55.9 Å². The van der Waals surface area contributed by atoms with E-state index in [4.69, 9.17) is 0 Å². The second-order valence-electron chi connectivity index (χ2n) is 5.92. The Bertz CT molecular complexity index is 812. The molecule has 0 unspecified atom stereocenters. The van der Waals surface area contributed by atoms with Crippen molar-refractivity contribution in [1.82, 2.24) is 21.7 Å². The van der Waals surface area contributed by atoms with Crippen LogP contribution in [0.2, 0.25) is 0 Å². The minimum atomic E-state index is -0.398. The number of nitrogens with zero attached hydrogens (tertiary/aromatic N) is 2. The van der Waals surface area contributed by atoms with Gasteiger partial charge in [-0.3, -0.25) is 40.9 Å². The van der Waals surface area contributed by atoms with Gasteiger partial charge in [0.25, 0.3) is 11.8 Å². The summed E-state index contributed by atoms with van der Waals surface area (Å²) in [7, 11) is 0. The number of carbonyl (C=O) groups excluding carboxylic acids is 4. The van der Waals surface area contributed by atoms with Crippen molar-refractivity contribution in [2.24, 2.45) is 0 Å². The molecule has 0 aliphatic heterocycles. The summed E-state index contributed by atoms with van der Waals surface area (Å²) >= 11 is 0. The molecule has 0 aliphatic rings. The predicted molar refractivity (Wildman–Crippen MR) is 110 cm³/mol. The van der Waals surface area contributed by atoms with Crippen molar-refractivity contribution in [2.75, 3.05) is 0 Å². The maximum atomic E-state index is 11.8. The molecule has 14 nitrogen and oxygen atoms in total. The molecule has 194 valence electrons. The number of halogens is 2. The molecule has 0 bridgehead atoms. The molecule has 0 aromatic carbocycles. The van der Waals surface area contributed by atoms with Gasteiger partial charge in [-0.15, -0.1) is 0 Å². The number of aryl methyl sites for hydroxylation is 2. The minimum Gasteiger partial charge on any atom is -1.00 e. The van der Waals surface area contributed by atoms with Crippen molar-refractivity contribution in [1.29, 1.82) is 0 Å². The Hall–Kier alpha value is -3.02. The van der Waals surface area contributed by atoms with Gasteiger partial charge in [-0.05, 0) is 0 Å². The van der Waals surface area contributed by atoms with Crippen LogP contribution in [-0.2, 0) is 22.7 Å². The quantitative estimate of drug-likeness (QED) is 0.188. The summed E-state index contributed by atoms with van der Waals surface area (Å²) in [5.74, 6) is -1.50. The number of hydrogen-bond acceptors (Lipinski definition) is 4. The van der Waals surface area contributed by atoms with E-state index in [2.05, 4.69) is 21.7 Å². The van der Waals surface area contributed by atoms with Gasteiger partial charge in [0.05, 0.1) is 11.1 Å². The second kappa shape index (κ2) is 20.6. The molecule has 12 N–H and O–H groups in total. The number of rotatable bonds is 5. The van der Waals surface area contributed by atoms with E-state index in [-0.39, 0.29) is 67.7 Å². The Kier molecular flexibility index (Phi) is 25.0. The van der Waals surface area contributed by atoms with Crippen molar-refractivity contribution in [3.05, 3.63) is 60.2 Å². The SMILES string of the molecule is CC(=O)NNC(=O)c1cc[n+](CC[n+]2ccc(C(=O)NNC(C)=O)cc2)cc1.O.O.O.O.[Br-].[Br-]. The molecule has 0 spiro atoms. The van der Waals surface area contributed by atoms with Crippen LogP contribution in [0.5, 0.6) is 0 Å². The first-order chi connectivity index (χ1) is 13.3. The molecule has 4 amide bonds. The summed E-state index contributed by atoms with van der Waals surface area (Å²) in [6.07, 6.45) is 7.05. The van der Waals surface area contributed by atoms with Crippen LogP contribution in [0.3, 0.4) is 0 Å². The maximum absolute atomic E-state index is 11.8. The molecule has 2 rings (SSSR count). The Labute approximate surface area is 216 Å². The summed E-state index contributed by atoms with van der Waals surface area (Å²) in [4.78, 5) is 45.2. The second-order valence-corrected chi connectivity index (χ2v) is 5.92. The van der Waals surface area contributed by atoms with E-state index in [1.807, 2.05) is 9.13 Å². The molecule has 0 aliphatic carbocycles. The van der Waals surface area contributed by atoms with E-state index in [1.54, 1.807) is 49.1 Å². The Morgan fingerprint density at radius 1 is 0.588 bits per heavy atom. The molecule has 16 heteroatoms. The highest BCUT2D eigenvalue weighted by Crippen LogP contribution is 1.95. The van der Waals surface area contributed by atoms with E-state index >= 15 is 0 Å². The Morgan fingerprint density at radius 2 is 0.853 bits per heavy atom. The van der Waals surface area contributed by atoms with Gasteiger partial charge in [0.15, 0.2) is 24.8 Å². The van der Waals surface area contributed by atoms with Crippen LogP contribution in [0.15, 0.2) is 49.1 Å². The number of amides is 4. The van der Waals surface area contributed by atoms with Gasteiger partial charge >= 0.3 is 0 Å². The van der Waals surface area contributed by atoms with Crippen LogP contribution in [0.4, 0.5) is 0 Å². The first kappa shape index (κ1) is 41.3. The number of carbonyl (C=O) groups is 4. The molecule has 0 saturated heterocycles. The number of aromatic nitrogens is 2. The van der Waals surface area contributed by atoms with Crippen LogP contribution in [0.1, 0.15) is 34.6 Å². The summed E-state index contributed by atoms with van der Waals surface area (Å²) < 4.78 is 3.80. The summed E-state index contributed by atoms with van der Waals surface area (Å²) in [6, 6.07) is 6.60. The first-order valence-electron chi connectivity index (χ1n) is 8.47. The van der Waals surface area contributed by atoms with Crippen LogP contribution in [0.25, 0.3) is 0 Å². The fourth-order valence-electron chi connectivity index (χ4n) is 2.18. The standard InChI is InChI=1S/C18H20N6O4.2BrH.4H2O/c1-13(25)19-21-17(27)15-3-7-23(8-4-15)11-12-24-9-5-16(6-10-24)18(28)22-20-14(2)26;;;;;;/h3-10,27-28H,11-12H2,1-2H3;2*1H;4*1H2. The summed E-state index contributed by atoms with van der Waals surface area (Å²) in [5.41, 5.74) is 9.91. The molecule has 2 heterocycles. The van der Waals surface area contributed by atoms with Gasteiger partial charge in [0.1, 0.15) is 0 Å². The molecular formula is C18H30Br2N6O8. The number of nitrogens with one attached hydrogen (secondary N) is 4. The average molecular weight is 618 g/mol. The van der Waals surface area contributed by atoms with Crippen LogP contribution >= 0.6 is 0 Å². The lowest BCUT2D eigenvalue weighted by atomic mass is 10.2. The minimum absolute atomic E-state index is 0. The average Bonchev–Trinajstić information content (AvgIpc) is 2.69. The molecular weight excluding hydrogens is 588 g/mol. The Morgan fingerprint density at radius 3 is 1.09 bits per heavy atom. The van der Waals surface area contributed by atoms with E-state index < -0.39 is 11.8 Å². The molecule has 0 atom stereocenters. The Balaban J connectivity index is -0.000000467. The highest BCUT2D eigenvalue weighted by Gasteiger charge is 2.12. The van der Waals surface area contributed by atoms with E-state index in [1.165, 1.54) is 13.8 Å². The lowest BCUT2D eigenvalue weighted by molar-refractivity contribution is -0.778. The third-order valence-electron chi connectivity index (χ3n) is 3.63. The van der Waals surface area contributed by atoms with Crippen LogP contribution < -0.4 is 64.8 Å². The molecule has 34 heavy (non-hydrogen) atoms. The van der Waals surface area contributed by atoms with Gasteiger partial charge in [-0.25, -0.2) is 0 Å². The smallest absolute Gasteiger partial charge is 0.270 e. The molecule has 0 fully saturated rings. The van der Waals surface area contributed by atoms with Crippen molar-refractivity contribution in [3.8, 4) is 0 Å². The predicted octanol–water partition coefficient (Wildman–Crippen LogP) is -10.8. The van der Waals surface area contributed by atoms with Crippen LogP contribution in [0, 0.1) is 0 Å². The maximum Gasteiger partial charge on any atom is 0.270 e. The van der Waals surface area contributed by atoms with Gasteiger partial charge in [-0.1, -0.05) is 0 Å². The topological polar surface area (TPSA) is 250 Å². The van der Waals surface area contributed by atoms with E-state index in [9.17, 15) is 19.2 Å².